The van der Waals surface area contributed by atoms with Crippen molar-refractivity contribution in [2.45, 2.75) is 12.8 Å². The molecule has 1 heterocycles. The summed E-state index contributed by atoms with van der Waals surface area (Å²) in [6, 6.07) is 13.2. The first-order chi connectivity index (χ1) is 13.0. The van der Waals surface area contributed by atoms with E-state index < -0.39 is 0 Å². The maximum absolute atomic E-state index is 12.3. The third kappa shape index (κ3) is 5.08. The molecule has 6 heteroatoms. The normalized spacial score (nSPS) is 11.1. The van der Waals surface area contributed by atoms with Crippen LogP contribution in [0, 0.1) is 0 Å². The van der Waals surface area contributed by atoms with Crippen molar-refractivity contribution in [3.63, 3.8) is 0 Å². The van der Waals surface area contributed by atoms with Crippen molar-refractivity contribution in [2.24, 2.45) is 0 Å². The molecule has 0 aliphatic heterocycles. The molecule has 1 amide bonds. The molecule has 0 fully saturated rings. The van der Waals surface area contributed by atoms with E-state index in [0.29, 0.717) is 30.0 Å². The number of oxazole rings is 1. The number of amides is 1. The summed E-state index contributed by atoms with van der Waals surface area (Å²) in [5, 5.41) is 2.94. The van der Waals surface area contributed by atoms with Crippen LogP contribution in [0.2, 0.25) is 0 Å². The molecule has 3 rings (SSSR count). The van der Waals surface area contributed by atoms with Crippen molar-refractivity contribution in [1.29, 1.82) is 0 Å². The number of rotatable bonds is 8. The minimum absolute atomic E-state index is 0.0937. The van der Waals surface area contributed by atoms with Crippen molar-refractivity contribution in [1.82, 2.24) is 15.2 Å². The van der Waals surface area contributed by atoms with Gasteiger partial charge in [0.05, 0.1) is 7.11 Å². The highest BCUT2D eigenvalue weighted by atomic mass is 16.5. The van der Waals surface area contributed by atoms with Crippen LogP contribution in [-0.2, 0) is 6.42 Å². The van der Waals surface area contributed by atoms with Crippen molar-refractivity contribution in [2.75, 3.05) is 34.3 Å². The largest absolute Gasteiger partial charge is 0.497 e. The second-order valence-corrected chi connectivity index (χ2v) is 6.73. The van der Waals surface area contributed by atoms with Crippen molar-refractivity contribution < 1.29 is 13.9 Å². The van der Waals surface area contributed by atoms with Gasteiger partial charge in [-0.15, -0.1) is 0 Å². The first kappa shape index (κ1) is 18.9. The molecule has 1 aromatic heterocycles. The summed E-state index contributed by atoms with van der Waals surface area (Å²) < 4.78 is 11.0. The minimum Gasteiger partial charge on any atom is -0.497 e. The van der Waals surface area contributed by atoms with Crippen molar-refractivity contribution in [3.8, 4) is 5.75 Å². The van der Waals surface area contributed by atoms with E-state index in [9.17, 15) is 4.79 Å². The average Bonchev–Trinajstić information content (AvgIpc) is 3.06. The maximum atomic E-state index is 12.3. The highest BCUT2D eigenvalue weighted by molar-refractivity contribution is 5.97. The fourth-order valence-corrected chi connectivity index (χ4v) is 2.81. The van der Waals surface area contributed by atoms with Crippen LogP contribution >= 0.6 is 0 Å². The minimum atomic E-state index is -0.0937. The fourth-order valence-electron chi connectivity index (χ4n) is 2.81. The van der Waals surface area contributed by atoms with E-state index in [4.69, 9.17) is 9.15 Å². The Hall–Kier alpha value is -2.86. The molecule has 0 saturated heterocycles. The molecule has 0 spiro atoms. The predicted octanol–water partition coefficient (Wildman–Crippen LogP) is 3.11. The summed E-state index contributed by atoms with van der Waals surface area (Å²) in [6.07, 6.45) is 1.50. The quantitative estimate of drug-likeness (QED) is 0.620. The number of benzene rings is 2. The lowest BCUT2D eigenvalue weighted by atomic mass is 10.1. The molecule has 6 nitrogen and oxygen atoms in total. The molecule has 2 aromatic carbocycles. The van der Waals surface area contributed by atoms with E-state index in [0.717, 1.165) is 29.8 Å². The SMILES string of the molecule is COc1ccc(Cc2nc3ccc(C(=O)NCCCN(C)C)cc3o2)cc1. The number of fused-ring (bicyclic) bond motifs is 1. The van der Waals surface area contributed by atoms with E-state index in [2.05, 4.69) is 15.2 Å². The van der Waals surface area contributed by atoms with Gasteiger partial charge in [-0.05, 0) is 63.0 Å². The zero-order chi connectivity index (χ0) is 19.2. The highest BCUT2D eigenvalue weighted by Crippen LogP contribution is 2.20. The molecule has 0 atom stereocenters. The summed E-state index contributed by atoms with van der Waals surface area (Å²) in [7, 11) is 5.68. The summed E-state index contributed by atoms with van der Waals surface area (Å²) in [4.78, 5) is 18.9. The average molecular weight is 367 g/mol. The van der Waals surface area contributed by atoms with Crippen LogP contribution < -0.4 is 10.1 Å². The van der Waals surface area contributed by atoms with Crippen LogP contribution in [0.1, 0.15) is 28.2 Å². The number of carbonyl (C=O) groups excluding carboxylic acids is 1. The number of hydrogen-bond acceptors (Lipinski definition) is 5. The van der Waals surface area contributed by atoms with Gasteiger partial charge in [0.1, 0.15) is 11.3 Å². The van der Waals surface area contributed by atoms with Crippen LogP contribution in [0.25, 0.3) is 11.1 Å². The molecule has 1 N–H and O–H groups in total. The van der Waals surface area contributed by atoms with Crippen molar-refractivity contribution >= 4 is 17.0 Å². The Kier molecular flexibility index (Phi) is 6.08. The second kappa shape index (κ2) is 8.68. The van der Waals surface area contributed by atoms with E-state index in [1.807, 2.05) is 44.4 Å². The van der Waals surface area contributed by atoms with E-state index in [1.54, 1.807) is 19.2 Å². The number of methoxy groups -OCH3 is 1. The molecule has 0 unspecified atom stereocenters. The van der Waals surface area contributed by atoms with Gasteiger partial charge in [-0.1, -0.05) is 12.1 Å². The second-order valence-electron chi connectivity index (χ2n) is 6.73. The summed E-state index contributed by atoms with van der Waals surface area (Å²) in [5.41, 5.74) is 3.04. The highest BCUT2D eigenvalue weighted by Gasteiger charge is 2.11. The van der Waals surface area contributed by atoms with Crippen LogP contribution in [0.15, 0.2) is 46.9 Å². The van der Waals surface area contributed by atoms with Crippen LogP contribution in [0.3, 0.4) is 0 Å². The molecule has 142 valence electrons. The third-order valence-electron chi connectivity index (χ3n) is 4.28. The summed E-state index contributed by atoms with van der Waals surface area (Å²) in [6.45, 7) is 1.59. The van der Waals surface area contributed by atoms with Gasteiger partial charge in [0.2, 0.25) is 0 Å². The lowest BCUT2D eigenvalue weighted by Crippen LogP contribution is -2.27. The van der Waals surface area contributed by atoms with Gasteiger partial charge in [0, 0.05) is 18.5 Å². The van der Waals surface area contributed by atoms with E-state index in [-0.39, 0.29) is 5.91 Å². The Morgan fingerprint density at radius 1 is 1.19 bits per heavy atom. The van der Waals surface area contributed by atoms with Crippen LogP contribution in [0.4, 0.5) is 0 Å². The fraction of sp³-hybridized carbons (Fsp3) is 0.333. The predicted molar refractivity (Wildman–Crippen MR) is 105 cm³/mol. The molecule has 0 aliphatic rings. The smallest absolute Gasteiger partial charge is 0.251 e. The Balaban J connectivity index is 1.66. The molecule has 0 saturated carbocycles. The zero-order valence-electron chi connectivity index (χ0n) is 16.0. The number of carbonyl (C=O) groups is 1. The van der Waals surface area contributed by atoms with E-state index in [1.165, 1.54) is 0 Å². The lowest BCUT2D eigenvalue weighted by molar-refractivity contribution is 0.0952. The Morgan fingerprint density at radius 2 is 1.96 bits per heavy atom. The van der Waals surface area contributed by atoms with Crippen LogP contribution in [0.5, 0.6) is 5.75 Å². The third-order valence-corrected chi connectivity index (χ3v) is 4.28. The van der Waals surface area contributed by atoms with Crippen molar-refractivity contribution in [3.05, 3.63) is 59.5 Å². The van der Waals surface area contributed by atoms with E-state index >= 15 is 0 Å². The van der Waals surface area contributed by atoms with Gasteiger partial charge in [0.15, 0.2) is 11.5 Å². The standard InChI is InChI=1S/C21H25N3O3/c1-24(2)12-4-11-22-21(25)16-7-10-18-19(14-16)27-20(23-18)13-15-5-8-17(26-3)9-6-15/h5-10,14H,4,11-13H2,1-3H3,(H,22,25). The Bertz CT molecular complexity index is 901. The molecular formula is C21H25N3O3. The first-order valence-electron chi connectivity index (χ1n) is 9.00. The Labute approximate surface area is 159 Å². The molecule has 0 bridgehead atoms. The summed E-state index contributed by atoms with van der Waals surface area (Å²) >= 11 is 0. The van der Waals surface area contributed by atoms with Gasteiger partial charge in [0.25, 0.3) is 5.91 Å². The number of nitrogens with zero attached hydrogens (tertiary/aromatic N) is 2. The van der Waals surface area contributed by atoms with Gasteiger partial charge in [-0.25, -0.2) is 4.98 Å². The number of nitrogens with one attached hydrogen (secondary N) is 1. The van der Waals surface area contributed by atoms with Gasteiger partial charge < -0.3 is 19.4 Å². The molecule has 27 heavy (non-hydrogen) atoms. The Morgan fingerprint density at radius 3 is 2.67 bits per heavy atom. The number of hydrogen-bond donors (Lipinski definition) is 1. The summed E-state index contributed by atoms with van der Waals surface area (Å²) in [5.74, 6) is 1.35. The number of ether oxygens (including phenoxy) is 1. The van der Waals surface area contributed by atoms with Gasteiger partial charge in [-0.2, -0.15) is 0 Å². The monoisotopic (exact) mass is 367 g/mol. The molecular weight excluding hydrogens is 342 g/mol. The lowest BCUT2D eigenvalue weighted by Gasteiger charge is -2.09. The topological polar surface area (TPSA) is 67.6 Å². The van der Waals surface area contributed by atoms with Gasteiger partial charge in [-0.3, -0.25) is 4.79 Å². The zero-order valence-corrected chi connectivity index (χ0v) is 16.0. The van der Waals surface area contributed by atoms with Crippen LogP contribution in [-0.4, -0.2) is 50.1 Å². The maximum Gasteiger partial charge on any atom is 0.251 e. The molecule has 3 aromatic rings. The number of aromatic nitrogens is 1. The first-order valence-corrected chi connectivity index (χ1v) is 9.00. The van der Waals surface area contributed by atoms with Gasteiger partial charge >= 0.3 is 0 Å². The molecule has 0 radical (unpaired) electrons. The molecule has 0 aliphatic carbocycles.